The first-order chi connectivity index (χ1) is 10.9. The van der Waals surface area contributed by atoms with E-state index in [1.54, 1.807) is 7.05 Å². The molecule has 0 radical (unpaired) electrons. The van der Waals surface area contributed by atoms with Crippen molar-refractivity contribution in [1.82, 2.24) is 19.7 Å². The number of hydrogen-bond donors (Lipinski definition) is 1. The van der Waals surface area contributed by atoms with E-state index >= 15 is 0 Å². The van der Waals surface area contributed by atoms with Crippen molar-refractivity contribution in [2.24, 2.45) is 12.0 Å². The fraction of sp³-hybridized carbons (Fsp3) is 0.667. The van der Waals surface area contributed by atoms with Gasteiger partial charge in [0.15, 0.2) is 15.8 Å². The second kappa shape index (κ2) is 7.83. The van der Waals surface area contributed by atoms with Crippen molar-refractivity contribution in [1.29, 1.82) is 0 Å². The van der Waals surface area contributed by atoms with Crippen molar-refractivity contribution < 1.29 is 8.42 Å². The molecule has 1 fully saturated rings. The molecule has 1 saturated heterocycles. The van der Waals surface area contributed by atoms with Crippen LogP contribution in [0, 0.1) is 0 Å². The zero-order valence-corrected chi connectivity index (χ0v) is 15.0. The van der Waals surface area contributed by atoms with Crippen molar-refractivity contribution >= 4 is 15.8 Å². The second-order valence-corrected chi connectivity index (χ2v) is 8.24. The molecular formula is C15H27N5O2S. The van der Waals surface area contributed by atoms with Crippen LogP contribution in [0.25, 0.3) is 0 Å². The molecule has 0 aromatic carbocycles. The van der Waals surface area contributed by atoms with Crippen molar-refractivity contribution in [3.8, 4) is 0 Å². The van der Waals surface area contributed by atoms with Crippen molar-refractivity contribution in [3.05, 3.63) is 24.0 Å². The molecule has 8 heteroatoms. The number of aliphatic imine (C=N–C) groups is 1. The van der Waals surface area contributed by atoms with E-state index < -0.39 is 9.84 Å². The summed E-state index contributed by atoms with van der Waals surface area (Å²) in [4.78, 5) is 8.57. The molecule has 0 amide bonds. The van der Waals surface area contributed by atoms with Crippen LogP contribution < -0.4 is 5.32 Å². The number of nitrogens with zero attached hydrogens (tertiary/aromatic N) is 4. The highest BCUT2D eigenvalue weighted by Gasteiger charge is 2.21. The number of sulfone groups is 1. The van der Waals surface area contributed by atoms with Gasteiger partial charge in [0.2, 0.25) is 0 Å². The lowest BCUT2D eigenvalue weighted by molar-refractivity contribution is 0.298. The third-order valence-corrected chi connectivity index (χ3v) is 5.78. The van der Waals surface area contributed by atoms with Crippen LogP contribution in [0.2, 0.25) is 0 Å². The number of guanidine groups is 1. The highest BCUT2D eigenvalue weighted by molar-refractivity contribution is 7.91. The Labute approximate surface area is 138 Å². The summed E-state index contributed by atoms with van der Waals surface area (Å²) in [5, 5.41) is 3.34. The molecule has 0 saturated carbocycles. The summed E-state index contributed by atoms with van der Waals surface area (Å²) >= 11 is 0. The monoisotopic (exact) mass is 341 g/mol. The van der Waals surface area contributed by atoms with Crippen LogP contribution in [-0.2, 0) is 23.4 Å². The van der Waals surface area contributed by atoms with Crippen LogP contribution in [-0.4, -0.2) is 80.5 Å². The third kappa shape index (κ3) is 5.24. The van der Waals surface area contributed by atoms with Crippen LogP contribution >= 0.6 is 0 Å². The molecular weight excluding hydrogens is 314 g/mol. The van der Waals surface area contributed by atoms with Crippen LogP contribution in [0.4, 0.5) is 0 Å². The van der Waals surface area contributed by atoms with E-state index in [4.69, 9.17) is 0 Å². The van der Waals surface area contributed by atoms with E-state index in [0.29, 0.717) is 13.1 Å². The van der Waals surface area contributed by atoms with E-state index in [1.165, 1.54) is 5.69 Å². The van der Waals surface area contributed by atoms with Crippen molar-refractivity contribution in [3.63, 3.8) is 0 Å². The van der Waals surface area contributed by atoms with E-state index in [0.717, 1.165) is 25.6 Å². The molecule has 0 atom stereocenters. The Bertz CT molecular complexity index is 624. The standard InChI is InChI=1S/C15H27N5O2S/c1-16-15(19(3)13-14-5-4-7-18(14)2)17-6-8-20-9-11-23(21,22)12-10-20/h4-5,7H,6,8-13H2,1-3H3,(H,16,17). The Balaban J connectivity index is 1.76. The van der Waals surface area contributed by atoms with Gasteiger partial charge in [0.05, 0.1) is 18.1 Å². The largest absolute Gasteiger partial charge is 0.355 e. The summed E-state index contributed by atoms with van der Waals surface area (Å²) in [6.07, 6.45) is 2.03. The molecule has 0 bridgehead atoms. The van der Waals surface area contributed by atoms with E-state index in [9.17, 15) is 8.42 Å². The summed E-state index contributed by atoms with van der Waals surface area (Å²) in [5.41, 5.74) is 1.22. The summed E-state index contributed by atoms with van der Waals surface area (Å²) in [6, 6.07) is 4.13. The van der Waals surface area contributed by atoms with Gasteiger partial charge in [0.25, 0.3) is 0 Å². The van der Waals surface area contributed by atoms with Gasteiger partial charge in [-0.3, -0.25) is 9.89 Å². The summed E-state index contributed by atoms with van der Waals surface area (Å²) in [6.45, 7) is 3.62. The average molecular weight is 341 g/mol. The molecule has 0 spiro atoms. The highest BCUT2D eigenvalue weighted by atomic mass is 32.2. The van der Waals surface area contributed by atoms with Gasteiger partial charge >= 0.3 is 0 Å². The molecule has 2 heterocycles. The molecule has 1 aromatic heterocycles. The molecule has 1 aliphatic heterocycles. The number of aromatic nitrogens is 1. The fourth-order valence-corrected chi connectivity index (χ4v) is 3.94. The Morgan fingerprint density at radius 3 is 2.65 bits per heavy atom. The first-order valence-electron chi connectivity index (χ1n) is 7.86. The molecule has 0 unspecified atom stereocenters. The molecule has 1 aliphatic rings. The minimum Gasteiger partial charge on any atom is -0.355 e. The first kappa shape index (κ1) is 17.8. The Kier molecular flexibility index (Phi) is 6.06. The Morgan fingerprint density at radius 1 is 1.39 bits per heavy atom. The van der Waals surface area contributed by atoms with Crippen molar-refractivity contribution in [2.75, 3.05) is 51.8 Å². The number of aryl methyl sites for hydroxylation is 1. The molecule has 1 aromatic rings. The number of rotatable bonds is 5. The summed E-state index contributed by atoms with van der Waals surface area (Å²) in [7, 11) is 3.01. The zero-order valence-electron chi connectivity index (χ0n) is 14.2. The molecule has 0 aliphatic carbocycles. The molecule has 2 rings (SSSR count). The van der Waals surface area contributed by atoms with Crippen LogP contribution in [0.5, 0.6) is 0 Å². The Morgan fingerprint density at radius 2 is 2.09 bits per heavy atom. The minimum atomic E-state index is -2.80. The van der Waals surface area contributed by atoms with Gasteiger partial charge in [-0.25, -0.2) is 8.42 Å². The molecule has 1 N–H and O–H groups in total. The SMILES string of the molecule is CN=C(NCCN1CCS(=O)(=O)CC1)N(C)Cc1cccn1C. The minimum absolute atomic E-state index is 0.273. The predicted octanol–water partition coefficient (Wildman–Crippen LogP) is -0.237. The number of hydrogen-bond acceptors (Lipinski definition) is 4. The lowest BCUT2D eigenvalue weighted by Crippen LogP contribution is -2.46. The zero-order chi connectivity index (χ0) is 16.9. The van der Waals surface area contributed by atoms with Gasteiger partial charge in [-0.1, -0.05) is 0 Å². The third-order valence-electron chi connectivity index (χ3n) is 4.17. The van der Waals surface area contributed by atoms with Gasteiger partial charge < -0.3 is 14.8 Å². The normalized spacial score (nSPS) is 18.8. The van der Waals surface area contributed by atoms with Gasteiger partial charge in [0.1, 0.15) is 0 Å². The predicted molar refractivity (Wildman–Crippen MR) is 93.3 cm³/mol. The quantitative estimate of drug-likeness (QED) is 0.591. The average Bonchev–Trinajstić information content (AvgIpc) is 2.90. The smallest absolute Gasteiger partial charge is 0.193 e. The summed E-state index contributed by atoms with van der Waals surface area (Å²) in [5.74, 6) is 1.39. The van der Waals surface area contributed by atoms with Crippen LogP contribution in [0.1, 0.15) is 5.69 Å². The molecule has 130 valence electrons. The summed E-state index contributed by atoms with van der Waals surface area (Å²) < 4.78 is 24.9. The van der Waals surface area contributed by atoms with E-state index in [1.807, 2.05) is 26.4 Å². The maximum atomic E-state index is 11.4. The van der Waals surface area contributed by atoms with E-state index in [-0.39, 0.29) is 11.5 Å². The second-order valence-electron chi connectivity index (χ2n) is 5.93. The highest BCUT2D eigenvalue weighted by Crippen LogP contribution is 2.04. The van der Waals surface area contributed by atoms with Crippen LogP contribution in [0.3, 0.4) is 0 Å². The maximum Gasteiger partial charge on any atom is 0.193 e. The number of nitrogens with one attached hydrogen (secondary N) is 1. The maximum absolute atomic E-state index is 11.4. The first-order valence-corrected chi connectivity index (χ1v) is 9.68. The van der Waals surface area contributed by atoms with Gasteiger partial charge in [0, 0.05) is 59.2 Å². The molecule has 23 heavy (non-hydrogen) atoms. The lowest BCUT2D eigenvalue weighted by Gasteiger charge is -2.28. The fourth-order valence-electron chi connectivity index (χ4n) is 2.66. The van der Waals surface area contributed by atoms with Gasteiger partial charge in [-0.05, 0) is 12.1 Å². The Hall–Kier alpha value is -1.54. The van der Waals surface area contributed by atoms with Crippen molar-refractivity contribution in [2.45, 2.75) is 6.54 Å². The van der Waals surface area contributed by atoms with Gasteiger partial charge in [-0.2, -0.15) is 0 Å². The topological polar surface area (TPSA) is 69.9 Å². The molecule has 7 nitrogen and oxygen atoms in total. The van der Waals surface area contributed by atoms with E-state index in [2.05, 4.69) is 30.7 Å². The lowest BCUT2D eigenvalue weighted by atomic mass is 10.4. The van der Waals surface area contributed by atoms with Gasteiger partial charge in [-0.15, -0.1) is 0 Å². The van der Waals surface area contributed by atoms with Crippen LogP contribution in [0.15, 0.2) is 23.3 Å².